The van der Waals surface area contributed by atoms with Crippen molar-refractivity contribution in [1.82, 2.24) is 10.2 Å². The lowest BCUT2D eigenvalue weighted by Gasteiger charge is -2.62. The maximum atomic E-state index is 13.8. The minimum Gasteiger partial charge on any atom is -0.348 e. The number of ether oxygens (including phenoxy) is 2. The number of carbonyl (C=O) groups excluding carboxylic acids is 2. The van der Waals surface area contributed by atoms with Gasteiger partial charge in [-0.3, -0.25) is 9.69 Å². The van der Waals surface area contributed by atoms with Crippen molar-refractivity contribution < 1.29 is 27.8 Å². The highest BCUT2D eigenvalue weighted by Crippen LogP contribution is 2.63. The number of nitrogens with zero attached hydrogens (tertiary/aromatic N) is 1. The van der Waals surface area contributed by atoms with Crippen LogP contribution in [0.25, 0.3) is 0 Å². The van der Waals surface area contributed by atoms with Crippen LogP contribution < -0.4 is 5.32 Å². The number of hydrogen-bond acceptors (Lipinski definition) is 4. The van der Waals surface area contributed by atoms with Crippen molar-refractivity contribution in [2.24, 2.45) is 22.7 Å². The summed E-state index contributed by atoms with van der Waals surface area (Å²) in [7, 11) is 0. The maximum Gasteiger partial charge on any atom is 0.324 e. The zero-order chi connectivity index (χ0) is 24.3. The molecule has 8 heteroatoms. The SMILES string of the molecule is C=C1CCC2[C@]3(C)CO[C@@H](c4ccc(F)c(F)c4)O[C@@H]3CC[C@@]2(C)[C@@H]1CCN1C(=O)CNC1=O. The number of benzene rings is 1. The van der Waals surface area contributed by atoms with E-state index >= 15 is 0 Å². The van der Waals surface area contributed by atoms with E-state index in [0.717, 1.165) is 37.8 Å². The van der Waals surface area contributed by atoms with E-state index in [4.69, 9.17) is 9.47 Å². The standard InChI is InChI=1S/C26H32F2N2O4/c1-15-4-7-20-25(2,17(15)9-11-30-22(31)13-29-24(30)32)10-8-21-26(20,3)14-33-23(34-21)16-5-6-18(27)19(28)12-16/h5-6,12,17,20-21,23H,1,4,7-11,13-14H2,2-3H3,(H,29,32)/t17-,20?,21-,23-,25+,26+/m1/s1. The lowest BCUT2D eigenvalue weighted by Crippen LogP contribution is -2.60. The highest BCUT2D eigenvalue weighted by molar-refractivity contribution is 6.01. The van der Waals surface area contributed by atoms with Gasteiger partial charge in [0.1, 0.15) is 0 Å². The van der Waals surface area contributed by atoms with Crippen LogP contribution in [0.3, 0.4) is 0 Å². The fourth-order valence-electron chi connectivity index (χ4n) is 7.14. The number of rotatable bonds is 4. The Hall–Kier alpha value is -2.32. The van der Waals surface area contributed by atoms with Gasteiger partial charge in [0.05, 0.1) is 19.3 Å². The van der Waals surface area contributed by atoms with Gasteiger partial charge in [0.25, 0.3) is 0 Å². The van der Waals surface area contributed by atoms with Gasteiger partial charge in [-0.05, 0) is 61.5 Å². The number of nitrogens with one attached hydrogen (secondary N) is 1. The molecule has 0 spiro atoms. The minimum atomic E-state index is -0.909. The Labute approximate surface area is 198 Å². The summed E-state index contributed by atoms with van der Waals surface area (Å²) in [6.45, 7) is 9.82. The van der Waals surface area contributed by atoms with E-state index in [1.54, 1.807) is 0 Å². The summed E-state index contributed by atoms with van der Waals surface area (Å²) in [5, 5.41) is 2.59. The summed E-state index contributed by atoms with van der Waals surface area (Å²) in [5.74, 6) is -1.48. The molecule has 2 saturated heterocycles. The van der Waals surface area contributed by atoms with E-state index in [9.17, 15) is 18.4 Å². The van der Waals surface area contributed by atoms with E-state index in [1.165, 1.54) is 16.5 Å². The molecule has 34 heavy (non-hydrogen) atoms. The molecule has 1 aromatic carbocycles. The zero-order valence-electron chi connectivity index (χ0n) is 19.7. The molecule has 2 heterocycles. The molecular formula is C26H32F2N2O4. The third-order valence-corrected chi connectivity index (χ3v) is 8.94. The number of urea groups is 1. The predicted octanol–water partition coefficient (Wildman–Crippen LogP) is 4.71. The molecule has 0 aromatic heterocycles. The van der Waals surface area contributed by atoms with Crippen LogP contribution in [0.5, 0.6) is 0 Å². The molecule has 6 atom stereocenters. The lowest BCUT2D eigenvalue weighted by molar-refractivity contribution is -0.307. The van der Waals surface area contributed by atoms with E-state index in [-0.39, 0.29) is 41.3 Å². The molecule has 1 N–H and O–H groups in total. The Bertz CT molecular complexity index is 1020. The summed E-state index contributed by atoms with van der Waals surface area (Å²) in [6, 6.07) is 3.44. The van der Waals surface area contributed by atoms with E-state index < -0.39 is 17.9 Å². The second-order valence-electron chi connectivity index (χ2n) is 10.8. The monoisotopic (exact) mass is 474 g/mol. The molecule has 1 unspecified atom stereocenters. The van der Waals surface area contributed by atoms with Gasteiger partial charge in [-0.25, -0.2) is 13.6 Å². The van der Waals surface area contributed by atoms with Crippen LogP contribution in [0.1, 0.15) is 57.8 Å². The molecule has 1 aromatic rings. The molecule has 6 nitrogen and oxygen atoms in total. The quantitative estimate of drug-likeness (QED) is 0.507. The first kappa shape index (κ1) is 23.4. The van der Waals surface area contributed by atoms with Gasteiger partial charge in [0, 0.05) is 17.5 Å². The molecule has 4 fully saturated rings. The van der Waals surface area contributed by atoms with Crippen LogP contribution >= 0.6 is 0 Å². The molecule has 184 valence electrons. The Balaban J connectivity index is 1.34. The number of halogens is 2. The topological polar surface area (TPSA) is 67.9 Å². The highest BCUT2D eigenvalue weighted by Gasteiger charge is 2.60. The average molecular weight is 475 g/mol. The van der Waals surface area contributed by atoms with Gasteiger partial charge in [-0.15, -0.1) is 0 Å². The molecule has 2 saturated carbocycles. The molecule has 2 aliphatic heterocycles. The first-order valence-electron chi connectivity index (χ1n) is 12.1. The smallest absolute Gasteiger partial charge is 0.324 e. The number of amides is 3. The first-order chi connectivity index (χ1) is 16.1. The van der Waals surface area contributed by atoms with Crippen molar-refractivity contribution in [1.29, 1.82) is 0 Å². The van der Waals surface area contributed by atoms with Crippen LogP contribution in [0.15, 0.2) is 30.4 Å². The third kappa shape index (κ3) is 3.66. The summed E-state index contributed by atoms with van der Waals surface area (Å²) in [4.78, 5) is 25.4. The summed E-state index contributed by atoms with van der Waals surface area (Å²) in [6.07, 6.45) is 3.53. The zero-order valence-corrected chi connectivity index (χ0v) is 19.7. The van der Waals surface area contributed by atoms with E-state index in [2.05, 4.69) is 25.7 Å². The fourth-order valence-corrected chi connectivity index (χ4v) is 7.14. The van der Waals surface area contributed by atoms with Crippen LogP contribution in [-0.4, -0.2) is 42.6 Å². The van der Waals surface area contributed by atoms with E-state index in [0.29, 0.717) is 31.1 Å². The van der Waals surface area contributed by atoms with Crippen molar-refractivity contribution in [2.45, 2.75) is 58.3 Å². The van der Waals surface area contributed by atoms with Crippen molar-refractivity contribution in [3.8, 4) is 0 Å². The number of hydrogen-bond donors (Lipinski definition) is 1. The van der Waals surface area contributed by atoms with Crippen LogP contribution in [0.2, 0.25) is 0 Å². The molecule has 4 aliphatic rings. The van der Waals surface area contributed by atoms with Crippen LogP contribution in [-0.2, 0) is 14.3 Å². The highest BCUT2D eigenvalue weighted by atomic mass is 19.2. The van der Waals surface area contributed by atoms with Gasteiger partial charge in [-0.1, -0.05) is 32.1 Å². The van der Waals surface area contributed by atoms with Gasteiger partial charge in [0.2, 0.25) is 5.91 Å². The molecule has 2 aliphatic carbocycles. The summed E-state index contributed by atoms with van der Waals surface area (Å²) < 4.78 is 39.6. The second-order valence-corrected chi connectivity index (χ2v) is 10.8. The Morgan fingerprint density at radius 2 is 1.97 bits per heavy atom. The molecule has 3 amide bonds. The second kappa shape index (κ2) is 8.41. The number of carbonyl (C=O) groups is 2. The molecular weight excluding hydrogens is 442 g/mol. The van der Waals surface area contributed by atoms with Crippen LogP contribution in [0.4, 0.5) is 13.6 Å². The van der Waals surface area contributed by atoms with Crippen molar-refractivity contribution >= 4 is 11.9 Å². The predicted molar refractivity (Wildman–Crippen MR) is 120 cm³/mol. The normalized spacial score (nSPS) is 37.9. The van der Waals surface area contributed by atoms with Gasteiger partial charge in [-0.2, -0.15) is 0 Å². The van der Waals surface area contributed by atoms with Gasteiger partial charge in [0.15, 0.2) is 17.9 Å². The Kier molecular flexibility index (Phi) is 5.80. The first-order valence-corrected chi connectivity index (χ1v) is 12.1. The van der Waals surface area contributed by atoms with E-state index in [1.807, 2.05) is 0 Å². The largest absolute Gasteiger partial charge is 0.348 e. The molecule has 5 rings (SSSR count). The van der Waals surface area contributed by atoms with Crippen molar-refractivity contribution in [3.63, 3.8) is 0 Å². The maximum absolute atomic E-state index is 13.8. The third-order valence-electron chi connectivity index (χ3n) is 8.94. The Morgan fingerprint density at radius 1 is 1.18 bits per heavy atom. The number of fused-ring (bicyclic) bond motifs is 3. The average Bonchev–Trinajstić information content (AvgIpc) is 3.12. The van der Waals surface area contributed by atoms with Crippen molar-refractivity contribution in [2.75, 3.05) is 19.7 Å². The summed E-state index contributed by atoms with van der Waals surface area (Å²) >= 11 is 0. The molecule has 0 bridgehead atoms. The Morgan fingerprint density at radius 3 is 2.68 bits per heavy atom. The van der Waals surface area contributed by atoms with Crippen molar-refractivity contribution in [3.05, 3.63) is 47.5 Å². The minimum absolute atomic E-state index is 0.0542. The van der Waals surface area contributed by atoms with Gasteiger partial charge >= 0.3 is 6.03 Å². The fraction of sp³-hybridized carbons (Fsp3) is 0.615. The number of allylic oxidation sites excluding steroid dienone is 1. The van der Waals surface area contributed by atoms with Gasteiger partial charge < -0.3 is 14.8 Å². The van der Waals surface area contributed by atoms with Crippen LogP contribution in [0, 0.1) is 34.3 Å². The lowest BCUT2D eigenvalue weighted by atomic mass is 9.46. The summed E-state index contributed by atoms with van der Waals surface area (Å²) in [5.41, 5.74) is 1.38. The molecule has 0 radical (unpaired) electrons. The number of imide groups is 1.